The van der Waals surface area contributed by atoms with Gasteiger partial charge >= 0.3 is 0 Å². The minimum Gasteiger partial charge on any atom is -0.274 e. The molecule has 0 radical (unpaired) electrons. The van der Waals surface area contributed by atoms with Crippen LogP contribution in [0.1, 0.15) is 27.2 Å². The van der Waals surface area contributed by atoms with Crippen molar-refractivity contribution >= 4 is 15.9 Å². The van der Waals surface area contributed by atoms with Gasteiger partial charge in [-0.3, -0.25) is 9.52 Å². The smallest absolute Gasteiger partial charge is 0.236 e. The molecule has 0 aliphatic carbocycles. The van der Waals surface area contributed by atoms with Crippen LogP contribution in [0.15, 0.2) is 0 Å². The van der Waals surface area contributed by atoms with Crippen LogP contribution in [-0.4, -0.2) is 20.6 Å². The van der Waals surface area contributed by atoms with Gasteiger partial charge in [0.05, 0.1) is 6.26 Å². The Balaban J connectivity index is 4.13. The molecule has 13 heavy (non-hydrogen) atoms. The van der Waals surface area contributed by atoms with E-state index in [4.69, 9.17) is 0 Å². The predicted molar refractivity (Wildman–Crippen MR) is 51.6 cm³/mol. The van der Waals surface area contributed by atoms with Gasteiger partial charge in [0.25, 0.3) is 0 Å². The molecule has 0 spiro atoms. The van der Waals surface area contributed by atoms with E-state index in [1.807, 2.05) is 18.6 Å². The first kappa shape index (κ1) is 12.4. The third kappa shape index (κ3) is 6.57. The summed E-state index contributed by atoms with van der Waals surface area (Å²) in [6, 6.07) is 0. The van der Waals surface area contributed by atoms with Crippen LogP contribution in [0.5, 0.6) is 0 Å². The Bertz CT molecular complexity index is 269. The van der Waals surface area contributed by atoms with Gasteiger partial charge in [-0.05, 0) is 12.3 Å². The average molecular weight is 207 g/mol. The van der Waals surface area contributed by atoms with Crippen LogP contribution in [0.4, 0.5) is 0 Å². The zero-order chi connectivity index (χ0) is 10.6. The maximum absolute atomic E-state index is 11.2. The summed E-state index contributed by atoms with van der Waals surface area (Å²) < 4.78 is 23.4. The van der Waals surface area contributed by atoms with Gasteiger partial charge in [0.15, 0.2) is 0 Å². The van der Waals surface area contributed by atoms with Gasteiger partial charge in [-0.25, -0.2) is 8.42 Å². The Morgan fingerprint density at radius 1 is 1.31 bits per heavy atom. The summed E-state index contributed by atoms with van der Waals surface area (Å²) in [5, 5.41) is 0. The molecule has 1 atom stereocenters. The molecule has 0 bridgehead atoms. The van der Waals surface area contributed by atoms with Gasteiger partial charge in [-0.2, -0.15) is 0 Å². The van der Waals surface area contributed by atoms with Crippen molar-refractivity contribution in [3.8, 4) is 0 Å². The number of nitrogens with one attached hydrogen (secondary N) is 1. The molecule has 0 rings (SSSR count). The lowest BCUT2D eigenvalue weighted by Gasteiger charge is -2.12. The van der Waals surface area contributed by atoms with Crippen molar-refractivity contribution < 1.29 is 13.2 Å². The van der Waals surface area contributed by atoms with Crippen molar-refractivity contribution in [2.75, 3.05) is 6.26 Å². The molecule has 5 heteroatoms. The van der Waals surface area contributed by atoms with Crippen molar-refractivity contribution in [2.24, 2.45) is 11.8 Å². The molecule has 0 saturated carbocycles. The average Bonchev–Trinajstić information content (AvgIpc) is 1.81. The topological polar surface area (TPSA) is 63.2 Å². The Hall–Kier alpha value is -0.580. The molecule has 4 nitrogen and oxygen atoms in total. The van der Waals surface area contributed by atoms with Crippen LogP contribution >= 0.6 is 0 Å². The fraction of sp³-hybridized carbons (Fsp3) is 0.875. The van der Waals surface area contributed by atoms with Crippen molar-refractivity contribution in [3.05, 3.63) is 0 Å². The first-order valence-electron chi connectivity index (χ1n) is 4.24. The maximum Gasteiger partial charge on any atom is 0.236 e. The number of rotatable bonds is 4. The van der Waals surface area contributed by atoms with Crippen molar-refractivity contribution in [2.45, 2.75) is 27.2 Å². The molecular weight excluding hydrogens is 190 g/mol. The van der Waals surface area contributed by atoms with E-state index in [-0.39, 0.29) is 5.92 Å². The number of carbonyl (C=O) groups excluding carboxylic acids is 1. The zero-order valence-electron chi connectivity index (χ0n) is 8.49. The van der Waals surface area contributed by atoms with Crippen LogP contribution in [0.2, 0.25) is 0 Å². The SMILES string of the molecule is CC(C)C[C@H](C)C(=O)NS(C)(=O)=O. The highest BCUT2D eigenvalue weighted by atomic mass is 32.2. The summed E-state index contributed by atoms with van der Waals surface area (Å²) in [5.74, 6) is -0.286. The molecule has 0 aliphatic rings. The summed E-state index contributed by atoms with van der Waals surface area (Å²) in [6.07, 6.45) is 1.67. The normalized spacial score (nSPS) is 14.2. The summed E-state index contributed by atoms with van der Waals surface area (Å²) >= 11 is 0. The first-order chi connectivity index (χ1) is 5.72. The van der Waals surface area contributed by atoms with E-state index in [0.29, 0.717) is 12.3 Å². The van der Waals surface area contributed by atoms with E-state index in [9.17, 15) is 13.2 Å². The summed E-state index contributed by atoms with van der Waals surface area (Å²) in [4.78, 5) is 11.2. The predicted octanol–water partition coefficient (Wildman–Crippen LogP) is 0.744. The second kappa shape index (κ2) is 4.60. The van der Waals surface area contributed by atoms with Crippen LogP contribution in [-0.2, 0) is 14.8 Å². The van der Waals surface area contributed by atoms with Gasteiger partial charge < -0.3 is 0 Å². The third-order valence-electron chi connectivity index (χ3n) is 1.56. The van der Waals surface area contributed by atoms with Gasteiger partial charge in [-0.15, -0.1) is 0 Å². The second-order valence-corrected chi connectivity index (χ2v) is 5.52. The van der Waals surface area contributed by atoms with E-state index >= 15 is 0 Å². The van der Waals surface area contributed by atoms with Crippen molar-refractivity contribution in [1.29, 1.82) is 0 Å². The molecule has 1 amide bonds. The minimum atomic E-state index is -3.40. The Morgan fingerprint density at radius 3 is 2.08 bits per heavy atom. The maximum atomic E-state index is 11.2. The van der Waals surface area contributed by atoms with Crippen molar-refractivity contribution in [1.82, 2.24) is 4.72 Å². The van der Waals surface area contributed by atoms with Gasteiger partial charge in [0, 0.05) is 5.92 Å². The summed E-state index contributed by atoms with van der Waals surface area (Å²) in [5.41, 5.74) is 0. The zero-order valence-corrected chi connectivity index (χ0v) is 9.31. The standard InChI is InChI=1S/C8H17NO3S/c1-6(2)5-7(3)8(10)9-13(4,11)12/h6-7H,5H2,1-4H3,(H,9,10)/t7-/m0/s1. The van der Waals surface area contributed by atoms with Crippen molar-refractivity contribution in [3.63, 3.8) is 0 Å². The monoisotopic (exact) mass is 207 g/mol. The number of sulfonamides is 1. The Labute approximate surface area is 79.8 Å². The lowest BCUT2D eigenvalue weighted by molar-refractivity contribution is -0.123. The summed E-state index contributed by atoms with van der Waals surface area (Å²) in [7, 11) is -3.40. The Morgan fingerprint density at radius 2 is 1.77 bits per heavy atom. The molecule has 0 aromatic rings. The quantitative estimate of drug-likeness (QED) is 0.739. The highest BCUT2D eigenvalue weighted by Crippen LogP contribution is 2.10. The van der Waals surface area contributed by atoms with E-state index < -0.39 is 15.9 Å². The van der Waals surface area contributed by atoms with E-state index in [1.54, 1.807) is 6.92 Å². The largest absolute Gasteiger partial charge is 0.274 e. The minimum absolute atomic E-state index is 0.255. The molecule has 0 unspecified atom stereocenters. The molecule has 0 aromatic heterocycles. The number of carbonyl (C=O) groups is 1. The number of hydrogen-bond acceptors (Lipinski definition) is 3. The molecule has 0 aliphatic heterocycles. The van der Waals surface area contributed by atoms with Crippen LogP contribution in [0, 0.1) is 11.8 Å². The fourth-order valence-electron chi connectivity index (χ4n) is 1.10. The van der Waals surface area contributed by atoms with E-state index in [0.717, 1.165) is 6.26 Å². The van der Waals surface area contributed by atoms with Gasteiger partial charge in [-0.1, -0.05) is 20.8 Å². The van der Waals surface area contributed by atoms with Gasteiger partial charge in [0.2, 0.25) is 15.9 Å². The molecule has 1 N–H and O–H groups in total. The highest BCUT2D eigenvalue weighted by molar-refractivity contribution is 7.89. The lowest BCUT2D eigenvalue weighted by atomic mass is 9.99. The molecular formula is C8H17NO3S. The molecule has 0 aromatic carbocycles. The molecule has 0 saturated heterocycles. The van der Waals surface area contributed by atoms with Gasteiger partial charge in [0.1, 0.15) is 0 Å². The van der Waals surface area contributed by atoms with E-state index in [1.165, 1.54) is 0 Å². The highest BCUT2D eigenvalue weighted by Gasteiger charge is 2.17. The van der Waals surface area contributed by atoms with Crippen LogP contribution < -0.4 is 4.72 Å². The molecule has 0 heterocycles. The summed E-state index contributed by atoms with van der Waals surface area (Å²) in [6.45, 7) is 5.70. The molecule has 78 valence electrons. The Kier molecular flexibility index (Phi) is 4.39. The fourth-order valence-corrected chi connectivity index (χ4v) is 1.66. The van der Waals surface area contributed by atoms with Crippen LogP contribution in [0.25, 0.3) is 0 Å². The molecule has 0 fully saturated rings. The van der Waals surface area contributed by atoms with Crippen LogP contribution in [0.3, 0.4) is 0 Å². The lowest BCUT2D eigenvalue weighted by Crippen LogP contribution is -2.34. The third-order valence-corrected chi connectivity index (χ3v) is 2.13. The number of amides is 1. The van der Waals surface area contributed by atoms with E-state index in [2.05, 4.69) is 0 Å². The number of hydrogen-bond donors (Lipinski definition) is 1. The first-order valence-corrected chi connectivity index (χ1v) is 6.13. The second-order valence-electron chi connectivity index (χ2n) is 3.77.